The van der Waals surface area contributed by atoms with Crippen LogP contribution in [-0.4, -0.2) is 48.4 Å². The molecule has 0 saturated carbocycles. The first kappa shape index (κ1) is 15.4. The summed E-state index contributed by atoms with van der Waals surface area (Å²) in [7, 11) is 0. The van der Waals surface area contributed by atoms with Crippen molar-refractivity contribution in [3.05, 3.63) is 10.6 Å². The smallest absolute Gasteiger partial charge is 0.186 e. The number of rotatable bonds is 5. The minimum Gasteiger partial charge on any atom is -0.346 e. The maximum absolute atomic E-state index is 11.2. The molecule has 112 valence electrons. The maximum Gasteiger partial charge on any atom is 0.186 e. The Morgan fingerprint density at radius 2 is 1.90 bits per heavy atom. The van der Waals surface area contributed by atoms with Crippen LogP contribution in [0.15, 0.2) is 0 Å². The van der Waals surface area contributed by atoms with Gasteiger partial charge in [0.05, 0.1) is 10.6 Å². The Kier molecular flexibility index (Phi) is 5.16. The van der Waals surface area contributed by atoms with Gasteiger partial charge >= 0.3 is 0 Å². The Morgan fingerprint density at radius 3 is 2.40 bits per heavy atom. The van der Waals surface area contributed by atoms with E-state index >= 15 is 0 Å². The first-order valence-corrected chi connectivity index (χ1v) is 8.33. The molecule has 20 heavy (non-hydrogen) atoms. The number of piperazine rings is 1. The van der Waals surface area contributed by atoms with Gasteiger partial charge in [0, 0.05) is 32.2 Å². The van der Waals surface area contributed by atoms with Gasteiger partial charge in [-0.3, -0.25) is 9.69 Å². The summed E-state index contributed by atoms with van der Waals surface area (Å²) in [5.41, 5.74) is 0.980. The molecule has 1 aliphatic heterocycles. The zero-order chi connectivity index (χ0) is 14.7. The number of aromatic nitrogens is 1. The quantitative estimate of drug-likeness (QED) is 0.783. The lowest BCUT2D eigenvalue weighted by molar-refractivity contribution is 0.112. The molecule has 0 aliphatic carbocycles. The minimum atomic E-state index is 0.358. The summed E-state index contributed by atoms with van der Waals surface area (Å²) in [6.07, 6.45) is 1.98. The van der Waals surface area contributed by atoms with Crippen molar-refractivity contribution in [3.63, 3.8) is 0 Å². The number of thiazole rings is 1. The molecule has 0 aromatic carbocycles. The van der Waals surface area contributed by atoms with Gasteiger partial charge in [-0.25, -0.2) is 4.98 Å². The number of hydrogen-bond donors (Lipinski definition) is 0. The van der Waals surface area contributed by atoms with Gasteiger partial charge in [0.2, 0.25) is 0 Å². The fourth-order valence-electron chi connectivity index (χ4n) is 2.53. The average molecular weight is 295 g/mol. The average Bonchev–Trinajstić information content (AvgIpc) is 2.90. The molecule has 0 bridgehead atoms. The number of carbonyl (C=O) groups excluding carboxylic acids is 1. The predicted octanol–water partition coefficient (Wildman–Crippen LogP) is 3.00. The fraction of sp³-hybridized carbons (Fsp3) is 0.733. The van der Waals surface area contributed by atoms with Crippen molar-refractivity contribution in [2.75, 3.05) is 31.1 Å². The summed E-state index contributed by atoms with van der Waals surface area (Å²) in [4.78, 5) is 21.6. The van der Waals surface area contributed by atoms with E-state index in [4.69, 9.17) is 4.98 Å². The van der Waals surface area contributed by atoms with Gasteiger partial charge in [-0.1, -0.05) is 25.2 Å². The van der Waals surface area contributed by atoms with Crippen molar-refractivity contribution in [2.24, 2.45) is 0 Å². The highest BCUT2D eigenvalue weighted by Crippen LogP contribution is 2.31. The van der Waals surface area contributed by atoms with E-state index in [9.17, 15) is 4.79 Å². The van der Waals surface area contributed by atoms with Gasteiger partial charge in [0.15, 0.2) is 11.4 Å². The standard InChI is InChI=1S/C15H25N3OS/c1-5-12(4)14-13(10-19)20-15(16-14)18-8-6-17(7-9-18)11(2)3/h10-12H,5-9H2,1-4H3. The zero-order valence-corrected chi connectivity index (χ0v) is 13.7. The van der Waals surface area contributed by atoms with E-state index in [1.54, 1.807) is 11.3 Å². The normalized spacial score (nSPS) is 18.6. The van der Waals surface area contributed by atoms with Gasteiger partial charge in [0.1, 0.15) is 0 Å². The lowest BCUT2D eigenvalue weighted by atomic mass is 10.0. The number of anilines is 1. The molecule has 1 aliphatic rings. The molecule has 2 rings (SSSR count). The largest absolute Gasteiger partial charge is 0.346 e. The van der Waals surface area contributed by atoms with E-state index in [2.05, 4.69) is 37.5 Å². The second kappa shape index (κ2) is 6.68. The highest BCUT2D eigenvalue weighted by molar-refractivity contribution is 7.17. The Labute approximate surface area is 125 Å². The molecule has 1 unspecified atom stereocenters. The summed E-state index contributed by atoms with van der Waals surface area (Å²) >= 11 is 1.55. The highest BCUT2D eigenvalue weighted by Gasteiger charge is 2.23. The van der Waals surface area contributed by atoms with Gasteiger partial charge in [-0.2, -0.15) is 0 Å². The SMILES string of the molecule is CCC(C)c1nc(N2CCN(C(C)C)CC2)sc1C=O. The van der Waals surface area contributed by atoms with Crippen LogP contribution in [0.3, 0.4) is 0 Å². The van der Waals surface area contributed by atoms with Crippen LogP contribution in [0.2, 0.25) is 0 Å². The predicted molar refractivity (Wildman–Crippen MR) is 85.1 cm³/mol. The van der Waals surface area contributed by atoms with E-state index < -0.39 is 0 Å². The fourth-order valence-corrected chi connectivity index (χ4v) is 3.58. The molecule has 0 N–H and O–H groups in total. The molecule has 1 aromatic rings. The van der Waals surface area contributed by atoms with Gasteiger partial charge in [0.25, 0.3) is 0 Å². The van der Waals surface area contributed by atoms with Crippen LogP contribution in [0.1, 0.15) is 55.4 Å². The summed E-state index contributed by atoms with van der Waals surface area (Å²) in [6, 6.07) is 0.606. The minimum absolute atomic E-state index is 0.358. The van der Waals surface area contributed by atoms with E-state index in [1.165, 1.54) is 0 Å². The second-order valence-corrected chi connectivity index (χ2v) is 6.80. The van der Waals surface area contributed by atoms with Crippen LogP contribution < -0.4 is 4.90 Å². The van der Waals surface area contributed by atoms with Gasteiger partial charge in [-0.15, -0.1) is 0 Å². The molecular weight excluding hydrogens is 270 g/mol. The third-order valence-corrected chi connectivity index (χ3v) is 5.23. The Morgan fingerprint density at radius 1 is 1.25 bits per heavy atom. The molecule has 1 saturated heterocycles. The van der Waals surface area contributed by atoms with Crippen LogP contribution >= 0.6 is 11.3 Å². The first-order chi connectivity index (χ1) is 9.56. The number of nitrogens with zero attached hydrogens (tertiary/aromatic N) is 3. The van der Waals surface area contributed by atoms with Crippen LogP contribution in [0.25, 0.3) is 0 Å². The molecule has 0 amide bonds. The molecule has 1 atom stereocenters. The van der Waals surface area contributed by atoms with Gasteiger partial charge in [-0.05, 0) is 26.2 Å². The topological polar surface area (TPSA) is 36.4 Å². The Hall–Kier alpha value is -0.940. The van der Waals surface area contributed by atoms with Crippen molar-refractivity contribution in [3.8, 4) is 0 Å². The molecule has 5 heteroatoms. The van der Waals surface area contributed by atoms with E-state index in [0.717, 1.165) is 54.6 Å². The van der Waals surface area contributed by atoms with Crippen molar-refractivity contribution in [1.29, 1.82) is 0 Å². The van der Waals surface area contributed by atoms with Crippen LogP contribution in [-0.2, 0) is 0 Å². The Balaban J connectivity index is 2.10. The highest BCUT2D eigenvalue weighted by atomic mass is 32.1. The van der Waals surface area contributed by atoms with Crippen molar-refractivity contribution >= 4 is 22.8 Å². The molecule has 1 aromatic heterocycles. The van der Waals surface area contributed by atoms with Crippen LogP contribution in [0.4, 0.5) is 5.13 Å². The number of aldehydes is 1. The monoisotopic (exact) mass is 295 g/mol. The third kappa shape index (κ3) is 3.20. The number of carbonyl (C=O) groups is 1. The molecule has 2 heterocycles. The maximum atomic E-state index is 11.2. The summed E-state index contributed by atoms with van der Waals surface area (Å²) in [5.74, 6) is 0.358. The molecular formula is C15H25N3OS. The van der Waals surface area contributed by atoms with Crippen molar-refractivity contribution in [2.45, 2.75) is 46.1 Å². The van der Waals surface area contributed by atoms with Crippen LogP contribution in [0, 0.1) is 0 Å². The number of hydrogen-bond acceptors (Lipinski definition) is 5. The summed E-state index contributed by atoms with van der Waals surface area (Å²) in [6.45, 7) is 12.9. The first-order valence-electron chi connectivity index (χ1n) is 7.51. The molecule has 4 nitrogen and oxygen atoms in total. The summed E-state index contributed by atoms with van der Waals surface area (Å²) < 4.78 is 0. The van der Waals surface area contributed by atoms with Gasteiger partial charge < -0.3 is 4.90 Å². The molecule has 0 spiro atoms. The second-order valence-electron chi connectivity index (χ2n) is 5.79. The lowest BCUT2D eigenvalue weighted by Gasteiger charge is -2.36. The zero-order valence-electron chi connectivity index (χ0n) is 12.9. The Bertz CT molecular complexity index is 450. The lowest BCUT2D eigenvalue weighted by Crippen LogP contribution is -2.48. The van der Waals surface area contributed by atoms with E-state index in [0.29, 0.717) is 12.0 Å². The molecule has 0 radical (unpaired) electrons. The van der Waals surface area contributed by atoms with E-state index in [1.807, 2.05) is 0 Å². The van der Waals surface area contributed by atoms with Crippen molar-refractivity contribution in [1.82, 2.24) is 9.88 Å². The summed E-state index contributed by atoms with van der Waals surface area (Å²) in [5, 5.41) is 1.02. The van der Waals surface area contributed by atoms with Crippen LogP contribution in [0.5, 0.6) is 0 Å². The third-order valence-electron chi connectivity index (χ3n) is 4.17. The van der Waals surface area contributed by atoms with E-state index in [-0.39, 0.29) is 0 Å². The van der Waals surface area contributed by atoms with Crippen molar-refractivity contribution < 1.29 is 4.79 Å². The molecule has 1 fully saturated rings.